The summed E-state index contributed by atoms with van der Waals surface area (Å²) >= 11 is 6.23. The van der Waals surface area contributed by atoms with E-state index in [1.54, 1.807) is 0 Å². The second-order valence-corrected chi connectivity index (χ2v) is 7.49. The van der Waals surface area contributed by atoms with Crippen molar-refractivity contribution < 1.29 is 4.52 Å². The minimum Gasteiger partial charge on any atom is -0.338 e. The van der Waals surface area contributed by atoms with E-state index in [0.29, 0.717) is 30.7 Å². The highest BCUT2D eigenvalue weighted by molar-refractivity contribution is 6.31. The molecule has 4 rings (SSSR count). The second kappa shape index (κ2) is 8.67. The van der Waals surface area contributed by atoms with Crippen LogP contribution in [-0.4, -0.2) is 37.2 Å². The largest absolute Gasteiger partial charge is 0.338 e. The number of halogens is 1. The Kier molecular flexibility index (Phi) is 5.84. The van der Waals surface area contributed by atoms with Crippen LogP contribution in [-0.2, 0) is 19.5 Å². The van der Waals surface area contributed by atoms with Crippen molar-refractivity contribution in [2.75, 3.05) is 6.54 Å². The summed E-state index contributed by atoms with van der Waals surface area (Å²) in [6, 6.07) is 8.32. The van der Waals surface area contributed by atoms with E-state index in [1.807, 2.05) is 43.0 Å². The van der Waals surface area contributed by atoms with E-state index >= 15 is 0 Å². The molecule has 0 saturated carbocycles. The molecule has 7 heteroatoms. The average Bonchev–Trinajstić information content (AvgIpc) is 3.35. The fourth-order valence-electron chi connectivity index (χ4n) is 3.72. The first-order chi connectivity index (χ1) is 13.3. The van der Waals surface area contributed by atoms with Gasteiger partial charge in [0, 0.05) is 36.4 Å². The molecule has 142 valence electrons. The smallest absolute Gasteiger partial charge is 0.240 e. The number of nitrogens with zero attached hydrogens (tertiary/aromatic N) is 5. The maximum absolute atomic E-state index is 6.23. The fraction of sp³-hybridized carbons (Fsp3) is 0.450. The van der Waals surface area contributed by atoms with E-state index in [1.165, 1.54) is 19.3 Å². The van der Waals surface area contributed by atoms with Crippen molar-refractivity contribution in [2.45, 2.75) is 51.2 Å². The van der Waals surface area contributed by atoms with Gasteiger partial charge >= 0.3 is 0 Å². The van der Waals surface area contributed by atoms with Crippen LogP contribution < -0.4 is 0 Å². The molecule has 1 unspecified atom stereocenters. The van der Waals surface area contributed by atoms with E-state index < -0.39 is 0 Å². The molecule has 1 fully saturated rings. The molecule has 3 heterocycles. The zero-order valence-electron chi connectivity index (χ0n) is 15.3. The summed E-state index contributed by atoms with van der Waals surface area (Å²) in [6.07, 6.45) is 11.2. The summed E-state index contributed by atoms with van der Waals surface area (Å²) < 4.78 is 7.66. The van der Waals surface area contributed by atoms with Gasteiger partial charge in [-0.05, 0) is 37.4 Å². The summed E-state index contributed by atoms with van der Waals surface area (Å²) in [7, 11) is 0. The Labute approximate surface area is 164 Å². The van der Waals surface area contributed by atoms with Crippen molar-refractivity contribution in [3.05, 3.63) is 65.3 Å². The predicted octanol–water partition coefficient (Wildman–Crippen LogP) is 3.96. The summed E-state index contributed by atoms with van der Waals surface area (Å²) in [5.41, 5.74) is 1.02. The van der Waals surface area contributed by atoms with E-state index in [9.17, 15) is 0 Å². The molecule has 0 aliphatic carbocycles. The lowest BCUT2D eigenvalue weighted by atomic mass is 9.99. The summed E-state index contributed by atoms with van der Waals surface area (Å²) in [4.78, 5) is 11.2. The molecular formula is C20H24ClN5O. The number of aromatic nitrogens is 4. The Morgan fingerprint density at radius 2 is 2.15 bits per heavy atom. The Balaban J connectivity index is 1.37. The number of benzene rings is 1. The molecule has 0 bridgehead atoms. The lowest BCUT2D eigenvalue weighted by Crippen LogP contribution is -2.39. The van der Waals surface area contributed by atoms with Gasteiger partial charge in [0.2, 0.25) is 5.89 Å². The van der Waals surface area contributed by atoms with Crippen LogP contribution in [0.25, 0.3) is 0 Å². The minimum atomic E-state index is 0.542. The molecule has 1 aromatic carbocycles. The van der Waals surface area contributed by atoms with Gasteiger partial charge in [-0.2, -0.15) is 4.98 Å². The van der Waals surface area contributed by atoms with Crippen LogP contribution in [0.1, 0.15) is 43.0 Å². The van der Waals surface area contributed by atoms with Crippen LogP contribution in [0.2, 0.25) is 5.02 Å². The lowest BCUT2D eigenvalue weighted by molar-refractivity contribution is 0.113. The Hall–Kier alpha value is -2.18. The zero-order chi connectivity index (χ0) is 18.5. The highest BCUT2D eigenvalue weighted by Crippen LogP contribution is 2.23. The highest BCUT2D eigenvalue weighted by atomic mass is 35.5. The van der Waals surface area contributed by atoms with E-state index in [4.69, 9.17) is 16.1 Å². The first-order valence-electron chi connectivity index (χ1n) is 9.52. The third-order valence-electron chi connectivity index (χ3n) is 5.18. The predicted molar refractivity (Wildman–Crippen MR) is 103 cm³/mol. The average molecular weight is 386 g/mol. The minimum absolute atomic E-state index is 0.542. The third-order valence-corrected chi connectivity index (χ3v) is 5.55. The van der Waals surface area contributed by atoms with Gasteiger partial charge in [0.25, 0.3) is 0 Å². The first-order valence-corrected chi connectivity index (χ1v) is 9.90. The number of piperidine rings is 1. The van der Waals surface area contributed by atoms with Gasteiger partial charge in [-0.1, -0.05) is 41.4 Å². The quantitative estimate of drug-likeness (QED) is 0.616. The topological polar surface area (TPSA) is 60.0 Å². The number of imidazole rings is 1. The molecule has 27 heavy (non-hydrogen) atoms. The van der Waals surface area contributed by atoms with Crippen molar-refractivity contribution >= 4 is 11.6 Å². The fourth-order valence-corrected chi connectivity index (χ4v) is 3.93. The van der Waals surface area contributed by atoms with Gasteiger partial charge in [0.15, 0.2) is 5.82 Å². The van der Waals surface area contributed by atoms with Crippen LogP contribution in [0.4, 0.5) is 0 Å². The van der Waals surface area contributed by atoms with Crippen LogP contribution >= 0.6 is 11.6 Å². The van der Waals surface area contributed by atoms with E-state index in [2.05, 4.69) is 24.6 Å². The number of hydrogen-bond acceptors (Lipinski definition) is 5. The summed E-state index contributed by atoms with van der Waals surface area (Å²) in [5, 5.41) is 4.88. The normalized spacial score (nSPS) is 18.0. The van der Waals surface area contributed by atoms with Gasteiger partial charge in [0.1, 0.15) is 0 Å². The Morgan fingerprint density at radius 3 is 3.00 bits per heavy atom. The highest BCUT2D eigenvalue weighted by Gasteiger charge is 2.24. The molecule has 2 aromatic heterocycles. The standard InChI is InChI=1S/C20H24ClN5O/c21-18-7-2-1-5-16(18)13-19-23-20(27-24-19)14-26-10-4-3-6-17(26)8-11-25-12-9-22-15-25/h1-2,5,7,9,12,15,17H,3-4,6,8,10-11,13-14H2. The van der Waals surface area contributed by atoms with Crippen molar-refractivity contribution in [3.8, 4) is 0 Å². The van der Waals surface area contributed by atoms with Gasteiger partial charge in [-0.15, -0.1) is 0 Å². The maximum atomic E-state index is 6.23. The zero-order valence-corrected chi connectivity index (χ0v) is 16.1. The number of hydrogen-bond donors (Lipinski definition) is 0. The molecule has 0 spiro atoms. The molecule has 1 aliphatic rings. The molecule has 0 radical (unpaired) electrons. The van der Waals surface area contributed by atoms with Crippen molar-refractivity contribution in [1.29, 1.82) is 0 Å². The first kappa shape index (κ1) is 18.2. The molecule has 3 aromatic rings. The van der Waals surface area contributed by atoms with Gasteiger partial charge < -0.3 is 9.09 Å². The van der Waals surface area contributed by atoms with E-state index in [-0.39, 0.29) is 0 Å². The van der Waals surface area contributed by atoms with Crippen LogP contribution in [0.15, 0.2) is 47.5 Å². The van der Waals surface area contributed by atoms with Crippen LogP contribution in [0.5, 0.6) is 0 Å². The van der Waals surface area contributed by atoms with Crippen LogP contribution in [0, 0.1) is 0 Å². The second-order valence-electron chi connectivity index (χ2n) is 7.08. The summed E-state index contributed by atoms with van der Waals surface area (Å²) in [6.45, 7) is 2.78. The Bertz CT molecular complexity index is 848. The molecule has 1 atom stereocenters. The molecule has 1 aliphatic heterocycles. The molecule has 0 N–H and O–H groups in total. The van der Waals surface area contributed by atoms with Gasteiger partial charge in [-0.25, -0.2) is 4.98 Å². The molecule has 0 amide bonds. The number of aryl methyl sites for hydroxylation is 1. The monoisotopic (exact) mass is 385 g/mol. The molecular weight excluding hydrogens is 362 g/mol. The van der Waals surface area contributed by atoms with Crippen molar-refractivity contribution in [2.24, 2.45) is 0 Å². The van der Waals surface area contributed by atoms with Gasteiger partial charge in [0.05, 0.1) is 12.9 Å². The van der Waals surface area contributed by atoms with Crippen LogP contribution in [0.3, 0.4) is 0 Å². The molecule has 6 nitrogen and oxygen atoms in total. The number of likely N-dealkylation sites (tertiary alicyclic amines) is 1. The maximum Gasteiger partial charge on any atom is 0.240 e. The summed E-state index contributed by atoms with van der Waals surface area (Å²) in [5.74, 6) is 1.37. The third kappa shape index (κ3) is 4.76. The number of rotatable bonds is 7. The van der Waals surface area contributed by atoms with Crippen molar-refractivity contribution in [1.82, 2.24) is 24.6 Å². The lowest BCUT2D eigenvalue weighted by Gasteiger charge is -2.34. The SMILES string of the molecule is Clc1ccccc1Cc1noc(CN2CCCCC2CCn2ccnc2)n1. The van der Waals surface area contributed by atoms with Crippen molar-refractivity contribution in [3.63, 3.8) is 0 Å². The van der Waals surface area contributed by atoms with Gasteiger partial charge in [-0.3, -0.25) is 4.90 Å². The molecule has 1 saturated heterocycles. The Morgan fingerprint density at radius 1 is 1.22 bits per heavy atom. The van der Waals surface area contributed by atoms with E-state index in [0.717, 1.165) is 30.1 Å².